The lowest BCUT2D eigenvalue weighted by Crippen LogP contribution is -2.20. The fraction of sp³-hybridized carbons (Fsp3) is 0.842. The van der Waals surface area contributed by atoms with Crippen molar-refractivity contribution in [3.05, 3.63) is 0 Å². The van der Waals surface area contributed by atoms with Crippen molar-refractivity contribution in [2.75, 3.05) is 56.5 Å². The molecule has 150 valence electrons. The molecule has 1 aromatic heterocycles. The predicted octanol–water partition coefficient (Wildman–Crippen LogP) is 3.31. The molecule has 0 aliphatic rings. The molecule has 0 fully saturated rings. The Morgan fingerprint density at radius 2 is 1.08 bits per heavy atom. The first-order valence-electron chi connectivity index (χ1n) is 10.00. The standard InChI is InChI=1S/C19H38N6O/c1-24(2)18-21-17(22-19(23-18)25(3)4)20-15-13-11-9-7-5-6-8-10-12-14-16-26/h26H,5-16H2,1-4H3,(H,20,21,22,23). The van der Waals surface area contributed by atoms with Crippen molar-refractivity contribution in [2.24, 2.45) is 0 Å². The molecule has 0 saturated heterocycles. The van der Waals surface area contributed by atoms with Crippen LogP contribution in [0.1, 0.15) is 64.2 Å². The van der Waals surface area contributed by atoms with Crippen LogP contribution in [0.4, 0.5) is 17.8 Å². The lowest BCUT2D eigenvalue weighted by atomic mass is 10.1. The maximum Gasteiger partial charge on any atom is 0.231 e. The van der Waals surface area contributed by atoms with Crippen molar-refractivity contribution >= 4 is 17.8 Å². The molecule has 2 N–H and O–H groups in total. The van der Waals surface area contributed by atoms with Gasteiger partial charge in [0.25, 0.3) is 0 Å². The largest absolute Gasteiger partial charge is 0.396 e. The first-order valence-corrected chi connectivity index (χ1v) is 10.00. The van der Waals surface area contributed by atoms with E-state index in [1.165, 1.54) is 51.4 Å². The van der Waals surface area contributed by atoms with Crippen LogP contribution < -0.4 is 15.1 Å². The van der Waals surface area contributed by atoms with Crippen LogP contribution >= 0.6 is 0 Å². The fourth-order valence-corrected chi connectivity index (χ4v) is 2.68. The van der Waals surface area contributed by atoms with E-state index < -0.39 is 0 Å². The summed E-state index contributed by atoms with van der Waals surface area (Å²) in [5.41, 5.74) is 0. The van der Waals surface area contributed by atoms with Gasteiger partial charge < -0.3 is 20.2 Å². The molecule has 0 aliphatic carbocycles. The first-order chi connectivity index (χ1) is 12.5. The molecule has 1 aromatic rings. The zero-order chi connectivity index (χ0) is 19.2. The van der Waals surface area contributed by atoms with E-state index >= 15 is 0 Å². The van der Waals surface area contributed by atoms with Crippen LogP contribution in [-0.4, -0.2) is 61.4 Å². The molecule has 0 amide bonds. The first kappa shape index (κ1) is 22.4. The van der Waals surface area contributed by atoms with E-state index in [9.17, 15) is 0 Å². The average Bonchev–Trinajstić information content (AvgIpc) is 2.62. The number of hydrogen-bond donors (Lipinski definition) is 2. The van der Waals surface area contributed by atoms with E-state index in [-0.39, 0.29) is 0 Å². The van der Waals surface area contributed by atoms with Gasteiger partial charge in [-0.3, -0.25) is 0 Å². The van der Waals surface area contributed by atoms with Crippen LogP contribution in [0.15, 0.2) is 0 Å². The third-order valence-electron chi connectivity index (χ3n) is 4.28. The van der Waals surface area contributed by atoms with Crippen molar-refractivity contribution < 1.29 is 5.11 Å². The Kier molecular flexibility index (Phi) is 11.7. The Labute approximate surface area is 159 Å². The van der Waals surface area contributed by atoms with Gasteiger partial charge in [-0.15, -0.1) is 0 Å². The maximum absolute atomic E-state index is 8.74. The van der Waals surface area contributed by atoms with Crippen molar-refractivity contribution in [3.63, 3.8) is 0 Å². The second-order valence-corrected chi connectivity index (χ2v) is 7.23. The molecule has 0 spiro atoms. The highest BCUT2D eigenvalue weighted by atomic mass is 16.2. The number of nitrogens with zero attached hydrogens (tertiary/aromatic N) is 5. The van der Waals surface area contributed by atoms with Gasteiger partial charge in [-0.25, -0.2) is 0 Å². The van der Waals surface area contributed by atoms with Gasteiger partial charge in [-0.2, -0.15) is 15.0 Å². The highest BCUT2D eigenvalue weighted by molar-refractivity contribution is 5.43. The number of aliphatic hydroxyl groups is 1. The molecule has 0 saturated carbocycles. The summed E-state index contributed by atoms with van der Waals surface area (Å²) in [4.78, 5) is 17.1. The van der Waals surface area contributed by atoms with Gasteiger partial charge in [-0.1, -0.05) is 51.4 Å². The molecule has 1 heterocycles. The monoisotopic (exact) mass is 366 g/mol. The fourth-order valence-electron chi connectivity index (χ4n) is 2.68. The van der Waals surface area contributed by atoms with E-state index in [1.54, 1.807) is 0 Å². The minimum absolute atomic E-state index is 0.339. The van der Waals surface area contributed by atoms with E-state index in [4.69, 9.17) is 5.11 Å². The number of aliphatic hydroxyl groups excluding tert-OH is 1. The second-order valence-electron chi connectivity index (χ2n) is 7.23. The van der Waals surface area contributed by atoms with Crippen LogP contribution in [0.2, 0.25) is 0 Å². The predicted molar refractivity (Wildman–Crippen MR) is 110 cm³/mol. The summed E-state index contributed by atoms with van der Waals surface area (Å²) in [6.45, 7) is 1.23. The Balaban J connectivity index is 2.14. The molecular weight excluding hydrogens is 328 g/mol. The Morgan fingerprint density at radius 3 is 1.50 bits per heavy atom. The molecule has 0 radical (unpaired) electrons. The third-order valence-corrected chi connectivity index (χ3v) is 4.28. The topological polar surface area (TPSA) is 77.4 Å². The molecule has 0 bridgehead atoms. The number of rotatable bonds is 15. The number of unbranched alkanes of at least 4 members (excludes halogenated alkanes) is 9. The SMILES string of the molecule is CN(C)c1nc(NCCCCCCCCCCCCO)nc(N(C)C)n1. The zero-order valence-electron chi connectivity index (χ0n) is 17.2. The molecular formula is C19H38N6O. The molecule has 7 nitrogen and oxygen atoms in total. The van der Waals surface area contributed by atoms with E-state index in [0.29, 0.717) is 24.5 Å². The minimum atomic E-state index is 0.339. The number of hydrogen-bond acceptors (Lipinski definition) is 7. The highest BCUT2D eigenvalue weighted by Gasteiger charge is 2.09. The van der Waals surface area contributed by atoms with E-state index in [2.05, 4.69) is 20.3 Å². The molecule has 26 heavy (non-hydrogen) atoms. The van der Waals surface area contributed by atoms with Crippen LogP contribution in [-0.2, 0) is 0 Å². The van der Waals surface area contributed by atoms with Crippen molar-refractivity contribution in [2.45, 2.75) is 64.2 Å². The summed E-state index contributed by atoms with van der Waals surface area (Å²) in [6, 6.07) is 0. The van der Waals surface area contributed by atoms with Gasteiger partial charge in [0.05, 0.1) is 0 Å². The summed E-state index contributed by atoms with van der Waals surface area (Å²) in [5, 5.41) is 12.1. The summed E-state index contributed by atoms with van der Waals surface area (Å²) >= 11 is 0. The Bertz CT molecular complexity index is 455. The highest BCUT2D eigenvalue weighted by Crippen LogP contribution is 2.14. The van der Waals surface area contributed by atoms with Gasteiger partial charge in [-0.05, 0) is 12.8 Å². The van der Waals surface area contributed by atoms with Crippen molar-refractivity contribution in [3.8, 4) is 0 Å². The minimum Gasteiger partial charge on any atom is -0.396 e. The van der Waals surface area contributed by atoms with Gasteiger partial charge >= 0.3 is 0 Å². The summed E-state index contributed by atoms with van der Waals surface area (Å²) in [6.07, 6.45) is 12.4. The van der Waals surface area contributed by atoms with Crippen LogP contribution in [0.3, 0.4) is 0 Å². The third kappa shape index (κ3) is 9.75. The Morgan fingerprint density at radius 1 is 0.654 bits per heavy atom. The number of anilines is 3. The lowest BCUT2D eigenvalue weighted by molar-refractivity contribution is 0.282. The molecule has 0 atom stereocenters. The van der Waals surface area contributed by atoms with Gasteiger partial charge in [0.1, 0.15) is 0 Å². The lowest BCUT2D eigenvalue weighted by Gasteiger charge is -2.16. The molecule has 7 heteroatoms. The summed E-state index contributed by atoms with van der Waals surface area (Å²) in [5.74, 6) is 1.99. The van der Waals surface area contributed by atoms with E-state index in [0.717, 1.165) is 19.4 Å². The van der Waals surface area contributed by atoms with Crippen LogP contribution in [0, 0.1) is 0 Å². The Hall–Kier alpha value is -1.63. The molecule has 0 unspecified atom stereocenters. The summed E-state index contributed by atoms with van der Waals surface area (Å²) in [7, 11) is 7.74. The molecule has 0 aromatic carbocycles. The molecule has 0 aliphatic heterocycles. The zero-order valence-corrected chi connectivity index (χ0v) is 17.2. The van der Waals surface area contributed by atoms with Crippen molar-refractivity contribution in [1.82, 2.24) is 15.0 Å². The second kappa shape index (κ2) is 13.6. The van der Waals surface area contributed by atoms with Crippen LogP contribution in [0.5, 0.6) is 0 Å². The van der Waals surface area contributed by atoms with Gasteiger partial charge in [0, 0.05) is 41.3 Å². The maximum atomic E-state index is 8.74. The van der Waals surface area contributed by atoms with E-state index in [1.807, 2.05) is 38.0 Å². The normalized spacial score (nSPS) is 10.8. The van der Waals surface area contributed by atoms with Crippen LogP contribution in [0.25, 0.3) is 0 Å². The quantitative estimate of drug-likeness (QED) is 0.461. The summed E-state index contributed by atoms with van der Waals surface area (Å²) < 4.78 is 0. The number of nitrogens with one attached hydrogen (secondary N) is 1. The van der Waals surface area contributed by atoms with Gasteiger partial charge in [0.15, 0.2) is 0 Å². The van der Waals surface area contributed by atoms with Gasteiger partial charge in [0.2, 0.25) is 17.8 Å². The molecule has 1 rings (SSSR count). The number of aromatic nitrogens is 3. The average molecular weight is 367 g/mol. The van der Waals surface area contributed by atoms with Crippen molar-refractivity contribution in [1.29, 1.82) is 0 Å². The smallest absolute Gasteiger partial charge is 0.231 e.